The van der Waals surface area contributed by atoms with Crippen LogP contribution >= 0.6 is 27.5 Å². The molecular formula is C15H20BrClO. The molecule has 3 heteroatoms. The average molecular weight is 332 g/mol. The van der Waals surface area contributed by atoms with Gasteiger partial charge in [-0.15, -0.1) is 0 Å². The highest BCUT2D eigenvalue weighted by molar-refractivity contribution is 9.08. The molecule has 0 saturated heterocycles. The molecule has 0 N–H and O–H groups in total. The van der Waals surface area contributed by atoms with E-state index in [0.29, 0.717) is 6.10 Å². The summed E-state index contributed by atoms with van der Waals surface area (Å²) in [6, 6.07) is 5.89. The van der Waals surface area contributed by atoms with Gasteiger partial charge in [-0.1, -0.05) is 47.4 Å². The van der Waals surface area contributed by atoms with Gasteiger partial charge in [-0.2, -0.15) is 0 Å². The standard InChI is InChI=1S/C15H20BrClO/c1-10-6-11(2)8-12(7-10)18-15-5-3-4-14(17)13(15)9-16/h3-5,10-12H,6-9H2,1-2H3. The Morgan fingerprint density at radius 1 is 1.22 bits per heavy atom. The largest absolute Gasteiger partial charge is 0.490 e. The summed E-state index contributed by atoms with van der Waals surface area (Å²) in [5.74, 6) is 2.45. The fourth-order valence-electron chi connectivity index (χ4n) is 2.93. The molecule has 1 saturated carbocycles. The Hall–Kier alpha value is -0.210. The minimum Gasteiger partial charge on any atom is -0.490 e. The molecule has 1 aliphatic carbocycles. The Morgan fingerprint density at radius 2 is 1.89 bits per heavy atom. The molecule has 0 aliphatic heterocycles. The Bertz CT molecular complexity index is 397. The minimum atomic E-state index is 0.333. The van der Waals surface area contributed by atoms with Gasteiger partial charge in [0, 0.05) is 15.9 Å². The van der Waals surface area contributed by atoms with E-state index in [0.717, 1.165) is 46.3 Å². The molecule has 0 radical (unpaired) electrons. The summed E-state index contributed by atoms with van der Waals surface area (Å²) in [5.41, 5.74) is 1.06. The first-order valence-electron chi connectivity index (χ1n) is 6.60. The molecule has 1 nitrogen and oxygen atoms in total. The van der Waals surface area contributed by atoms with Crippen LogP contribution in [0.15, 0.2) is 18.2 Å². The zero-order chi connectivity index (χ0) is 13.1. The molecule has 0 bridgehead atoms. The van der Waals surface area contributed by atoms with E-state index in [9.17, 15) is 0 Å². The van der Waals surface area contributed by atoms with Gasteiger partial charge in [-0.25, -0.2) is 0 Å². The van der Waals surface area contributed by atoms with Gasteiger partial charge in [0.05, 0.1) is 6.10 Å². The van der Waals surface area contributed by atoms with Gasteiger partial charge in [-0.3, -0.25) is 0 Å². The van der Waals surface area contributed by atoms with Gasteiger partial charge < -0.3 is 4.74 Å². The number of ether oxygens (including phenoxy) is 1. The second-order valence-electron chi connectivity index (χ2n) is 5.51. The van der Waals surface area contributed by atoms with Crippen molar-refractivity contribution in [3.63, 3.8) is 0 Å². The van der Waals surface area contributed by atoms with E-state index >= 15 is 0 Å². The van der Waals surface area contributed by atoms with Crippen LogP contribution in [0.25, 0.3) is 0 Å². The van der Waals surface area contributed by atoms with E-state index in [1.807, 2.05) is 18.2 Å². The van der Waals surface area contributed by atoms with E-state index in [1.165, 1.54) is 6.42 Å². The molecule has 0 heterocycles. The summed E-state index contributed by atoms with van der Waals surface area (Å²) in [6.07, 6.45) is 3.96. The van der Waals surface area contributed by atoms with E-state index in [-0.39, 0.29) is 0 Å². The summed E-state index contributed by atoms with van der Waals surface area (Å²) in [7, 11) is 0. The highest BCUT2D eigenvalue weighted by Gasteiger charge is 2.25. The summed E-state index contributed by atoms with van der Waals surface area (Å²) in [5, 5.41) is 1.51. The highest BCUT2D eigenvalue weighted by atomic mass is 79.9. The van der Waals surface area contributed by atoms with Crippen molar-refractivity contribution < 1.29 is 4.74 Å². The number of hydrogen-bond acceptors (Lipinski definition) is 1. The predicted octanol–water partition coefficient (Wildman–Crippen LogP) is 5.44. The van der Waals surface area contributed by atoms with Crippen LogP contribution in [0.4, 0.5) is 0 Å². The minimum absolute atomic E-state index is 0.333. The van der Waals surface area contributed by atoms with Crippen LogP contribution < -0.4 is 4.74 Å². The fraction of sp³-hybridized carbons (Fsp3) is 0.600. The van der Waals surface area contributed by atoms with Gasteiger partial charge >= 0.3 is 0 Å². The first-order valence-corrected chi connectivity index (χ1v) is 8.10. The van der Waals surface area contributed by atoms with Crippen molar-refractivity contribution in [2.75, 3.05) is 0 Å². The Labute approximate surface area is 123 Å². The van der Waals surface area contributed by atoms with Crippen molar-refractivity contribution in [3.05, 3.63) is 28.8 Å². The third kappa shape index (κ3) is 3.42. The number of benzene rings is 1. The quantitative estimate of drug-likeness (QED) is 0.670. The van der Waals surface area contributed by atoms with Crippen molar-refractivity contribution >= 4 is 27.5 Å². The maximum atomic E-state index is 6.19. The lowest BCUT2D eigenvalue weighted by molar-refractivity contribution is 0.100. The molecule has 0 aromatic heterocycles. The molecule has 0 spiro atoms. The van der Waals surface area contributed by atoms with Crippen molar-refractivity contribution in [2.45, 2.75) is 44.5 Å². The number of halogens is 2. The van der Waals surface area contributed by atoms with Gasteiger partial charge in [0.25, 0.3) is 0 Å². The lowest BCUT2D eigenvalue weighted by Crippen LogP contribution is -2.28. The van der Waals surface area contributed by atoms with Crippen molar-refractivity contribution in [3.8, 4) is 5.75 Å². The van der Waals surface area contributed by atoms with Crippen molar-refractivity contribution in [1.29, 1.82) is 0 Å². The molecule has 2 rings (SSSR count). The van der Waals surface area contributed by atoms with Crippen LogP contribution in [0.3, 0.4) is 0 Å². The van der Waals surface area contributed by atoms with Crippen LogP contribution in [0.1, 0.15) is 38.7 Å². The second kappa shape index (κ2) is 6.29. The summed E-state index contributed by atoms with van der Waals surface area (Å²) < 4.78 is 6.18. The normalized spacial score (nSPS) is 28.1. The first-order chi connectivity index (χ1) is 8.60. The van der Waals surface area contributed by atoms with Crippen LogP contribution in [0, 0.1) is 11.8 Å². The zero-order valence-corrected chi connectivity index (χ0v) is 13.3. The Morgan fingerprint density at radius 3 is 2.50 bits per heavy atom. The molecule has 1 aromatic carbocycles. The van der Waals surface area contributed by atoms with Crippen LogP contribution in [-0.2, 0) is 5.33 Å². The lowest BCUT2D eigenvalue weighted by Gasteiger charge is -2.32. The van der Waals surface area contributed by atoms with Gasteiger partial charge in [0.2, 0.25) is 0 Å². The highest BCUT2D eigenvalue weighted by Crippen LogP contribution is 2.34. The molecule has 100 valence electrons. The molecular weight excluding hydrogens is 312 g/mol. The topological polar surface area (TPSA) is 9.23 Å². The molecule has 2 unspecified atom stereocenters. The average Bonchev–Trinajstić information content (AvgIpc) is 2.27. The molecule has 0 amide bonds. The van der Waals surface area contributed by atoms with Crippen LogP contribution in [0.5, 0.6) is 5.75 Å². The summed E-state index contributed by atoms with van der Waals surface area (Å²) >= 11 is 9.68. The Kier molecular flexibility index (Phi) is 4.97. The fourth-order valence-corrected chi connectivity index (χ4v) is 3.90. The van der Waals surface area contributed by atoms with E-state index in [2.05, 4.69) is 29.8 Å². The maximum absolute atomic E-state index is 6.19. The smallest absolute Gasteiger partial charge is 0.125 e. The van der Waals surface area contributed by atoms with Gasteiger partial charge in [0.15, 0.2) is 0 Å². The van der Waals surface area contributed by atoms with Crippen molar-refractivity contribution in [2.24, 2.45) is 11.8 Å². The molecule has 1 aromatic rings. The Balaban J connectivity index is 2.11. The maximum Gasteiger partial charge on any atom is 0.125 e. The number of alkyl halides is 1. The van der Waals surface area contributed by atoms with Gasteiger partial charge in [0.1, 0.15) is 5.75 Å². The summed E-state index contributed by atoms with van der Waals surface area (Å²) in [6.45, 7) is 4.63. The van der Waals surface area contributed by atoms with Crippen molar-refractivity contribution in [1.82, 2.24) is 0 Å². The third-order valence-corrected chi connectivity index (χ3v) is 4.55. The van der Waals surface area contributed by atoms with Gasteiger partial charge in [-0.05, 0) is 43.2 Å². The van der Waals surface area contributed by atoms with E-state index in [4.69, 9.17) is 16.3 Å². The molecule has 1 aliphatic rings. The zero-order valence-electron chi connectivity index (χ0n) is 11.0. The lowest BCUT2D eigenvalue weighted by atomic mass is 9.82. The monoisotopic (exact) mass is 330 g/mol. The number of hydrogen-bond donors (Lipinski definition) is 0. The van der Waals surface area contributed by atoms with E-state index < -0.39 is 0 Å². The first kappa shape index (κ1) is 14.2. The van der Waals surface area contributed by atoms with E-state index in [1.54, 1.807) is 0 Å². The summed E-state index contributed by atoms with van der Waals surface area (Å²) in [4.78, 5) is 0. The molecule has 2 atom stereocenters. The van der Waals surface area contributed by atoms with Crippen LogP contribution in [-0.4, -0.2) is 6.10 Å². The SMILES string of the molecule is CC1CC(C)CC(Oc2cccc(Cl)c2CBr)C1. The third-order valence-electron chi connectivity index (χ3n) is 3.64. The number of rotatable bonds is 3. The molecule has 18 heavy (non-hydrogen) atoms. The predicted molar refractivity (Wildman–Crippen MR) is 80.7 cm³/mol. The van der Waals surface area contributed by atoms with Crippen LogP contribution in [0.2, 0.25) is 5.02 Å². The molecule has 1 fully saturated rings. The second-order valence-corrected chi connectivity index (χ2v) is 6.48.